The number of carbonyl (C=O) groups excluding carboxylic acids is 1. The lowest BCUT2D eigenvalue weighted by molar-refractivity contribution is -0.149. The number of aryl methyl sites for hydroxylation is 1. The molecule has 1 saturated carbocycles. The first-order valence-corrected chi connectivity index (χ1v) is 10.6. The van der Waals surface area contributed by atoms with Crippen molar-refractivity contribution < 1.29 is 18.0 Å². The molecule has 7 nitrogen and oxygen atoms in total. The number of anilines is 1. The van der Waals surface area contributed by atoms with Gasteiger partial charge in [-0.25, -0.2) is 10.4 Å². The van der Waals surface area contributed by atoms with Crippen LogP contribution in [-0.2, 0) is 4.79 Å². The number of alkyl halides is 3. The number of fused-ring (bicyclic) bond motifs is 1. The molecular weight excluding hydrogens is 409 g/mol. The van der Waals surface area contributed by atoms with Crippen molar-refractivity contribution in [2.45, 2.75) is 63.1 Å². The number of hydrogen-bond acceptors (Lipinski definition) is 6. The van der Waals surface area contributed by atoms with E-state index in [2.05, 4.69) is 27.1 Å². The maximum Gasteiger partial charge on any atom is 0.407 e. The number of hydrazine groups is 1. The summed E-state index contributed by atoms with van der Waals surface area (Å²) in [5.74, 6) is 0.00993. The fourth-order valence-electron chi connectivity index (χ4n) is 4.84. The number of amides is 1. The summed E-state index contributed by atoms with van der Waals surface area (Å²) in [5, 5.41) is 17.6. The van der Waals surface area contributed by atoms with Gasteiger partial charge in [0.15, 0.2) is 0 Å². The Morgan fingerprint density at radius 1 is 1.35 bits per heavy atom. The second-order valence-electron chi connectivity index (χ2n) is 8.69. The van der Waals surface area contributed by atoms with Crippen molar-refractivity contribution in [1.29, 1.82) is 5.26 Å². The zero-order chi connectivity index (χ0) is 22.3. The zero-order valence-corrected chi connectivity index (χ0v) is 17.2. The van der Waals surface area contributed by atoms with Gasteiger partial charge in [0.05, 0.1) is 18.4 Å². The highest BCUT2D eigenvalue weighted by Gasteiger charge is 2.52. The molecule has 31 heavy (non-hydrogen) atoms. The smallest absolute Gasteiger partial charge is 0.368 e. The first-order chi connectivity index (χ1) is 14.7. The van der Waals surface area contributed by atoms with Gasteiger partial charge >= 0.3 is 6.18 Å². The molecule has 3 fully saturated rings. The van der Waals surface area contributed by atoms with Gasteiger partial charge in [-0.3, -0.25) is 4.79 Å². The van der Waals surface area contributed by atoms with E-state index in [9.17, 15) is 23.2 Å². The summed E-state index contributed by atoms with van der Waals surface area (Å²) in [5.41, 5.74) is 9.82. The van der Waals surface area contributed by atoms with Gasteiger partial charge in [0, 0.05) is 24.3 Å². The van der Waals surface area contributed by atoms with E-state index in [1.54, 1.807) is 19.1 Å². The molecule has 5 N–H and O–H groups in total. The molecule has 5 atom stereocenters. The second-order valence-corrected chi connectivity index (χ2v) is 8.69. The van der Waals surface area contributed by atoms with Crippen molar-refractivity contribution in [3.63, 3.8) is 0 Å². The molecule has 2 saturated heterocycles. The first-order valence-electron chi connectivity index (χ1n) is 10.6. The van der Waals surface area contributed by atoms with Gasteiger partial charge in [-0.05, 0) is 55.4 Å². The monoisotopic (exact) mass is 436 g/mol. The van der Waals surface area contributed by atoms with E-state index in [0.717, 1.165) is 19.3 Å². The summed E-state index contributed by atoms with van der Waals surface area (Å²) in [6.45, 7) is 2.17. The highest BCUT2D eigenvalue weighted by atomic mass is 19.4. The van der Waals surface area contributed by atoms with Crippen LogP contribution in [0.1, 0.15) is 42.9 Å². The molecule has 168 valence electrons. The second kappa shape index (κ2) is 8.30. The van der Waals surface area contributed by atoms with Crippen LogP contribution in [0.15, 0.2) is 18.2 Å². The molecule has 4 rings (SSSR count). The summed E-state index contributed by atoms with van der Waals surface area (Å²) in [6.07, 6.45) is -1.63. The van der Waals surface area contributed by atoms with Gasteiger partial charge in [0.25, 0.3) is 0 Å². The number of carbonyl (C=O) groups is 1. The highest BCUT2D eigenvalue weighted by Crippen LogP contribution is 2.41. The molecule has 0 spiro atoms. The van der Waals surface area contributed by atoms with E-state index >= 15 is 0 Å². The summed E-state index contributed by atoms with van der Waals surface area (Å²) in [7, 11) is 0. The third kappa shape index (κ3) is 4.35. The molecule has 1 amide bonds. The van der Waals surface area contributed by atoms with Crippen LogP contribution in [0.3, 0.4) is 0 Å². The minimum Gasteiger partial charge on any atom is -0.368 e. The number of benzene rings is 1. The summed E-state index contributed by atoms with van der Waals surface area (Å²) >= 11 is 0. The number of rotatable bonds is 6. The van der Waals surface area contributed by atoms with Gasteiger partial charge in [0.2, 0.25) is 5.91 Å². The molecule has 0 aromatic heterocycles. The molecule has 10 heteroatoms. The maximum atomic E-state index is 13.0. The van der Waals surface area contributed by atoms with Crippen LogP contribution >= 0.6 is 0 Å². The van der Waals surface area contributed by atoms with Crippen LogP contribution in [0, 0.1) is 30.1 Å². The summed E-state index contributed by atoms with van der Waals surface area (Å²) in [4.78, 5) is 12.7. The third-order valence-corrected chi connectivity index (χ3v) is 6.56. The van der Waals surface area contributed by atoms with Gasteiger partial charge in [-0.1, -0.05) is 6.07 Å². The molecule has 4 unspecified atom stereocenters. The topological polar surface area (TPSA) is 106 Å². The van der Waals surface area contributed by atoms with Crippen molar-refractivity contribution >= 4 is 11.6 Å². The number of nitriles is 1. The highest BCUT2D eigenvalue weighted by molar-refractivity contribution is 5.82. The standard InChI is InChI=1S/C21H27F3N6O/c1-11-10-13(4-5-14(11)18(26)21(22,23)24)28-19-17-16(7-9-27-20(17)31)30(29-19)15(6-8-25)12-2-3-12/h4-5,10,12,15-19,28-29H,2-3,6-7,9,26H2,1H3,(H,27,31)/t15-,16?,17?,18?,19?/m0/s1. The number of nitrogens with zero attached hydrogens (tertiary/aromatic N) is 2. The van der Waals surface area contributed by atoms with Crippen molar-refractivity contribution in [1.82, 2.24) is 15.8 Å². The van der Waals surface area contributed by atoms with Crippen molar-refractivity contribution in [2.75, 3.05) is 11.9 Å². The maximum absolute atomic E-state index is 13.0. The Balaban J connectivity index is 1.55. The fraction of sp³-hybridized carbons (Fsp3) is 0.619. The SMILES string of the molecule is Cc1cc(NC2NN([C@@H](CC#N)C3CC3)C3CCNC(=O)C23)ccc1C(N)C(F)(F)F. The predicted octanol–water partition coefficient (Wildman–Crippen LogP) is 2.31. The van der Waals surface area contributed by atoms with E-state index in [4.69, 9.17) is 5.73 Å². The summed E-state index contributed by atoms with van der Waals surface area (Å²) < 4.78 is 39.0. The van der Waals surface area contributed by atoms with Gasteiger partial charge < -0.3 is 16.4 Å². The van der Waals surface area contributed by atoms with Gasteiger partial charge in [-0.15, -0.1) is 0 Å². The Morgan fingerprint density at radius 3 is 2.71 bits per heavy atom. The molecule has 1 aromatic rings. The molecule has 1 aliphatic carbocycles. The van der Waals surface area contributed by atoms with Gasteiger partial charge in [0.1, 0.15) is 12.2 Å². The fourth-order valence-corrected chi connectivity index (χ4v) is 4.84. The normalized spacial score (nSPS) is 28.4. The van der Waals surface area contributed by atoms with Crippen molar-refractivity contribution in [2.24, 2.45) is 17.6 Å². The average molecular weight is 436 g/mol. The lowest BCUT2D eigenvalue weighted by Crippen LogP contribution is -2.52. The predicted molar refractivity (Wildman–Crippen MR) is 108 cm³/mol. The van der Waals surface area contributed by atoms with E-state index in [-0.39, 0.29) is 29.5 Å². The van der Waals surface area contributed by atoms with Crippen LogP contribution < -0.4 is 21.8 Å². The number of nitrogens with two attached hydrogens (primary N) is 1. The van der Waals surface area contributed by atoms with E-state index in [1.807, 2.05) is 0 Å². The number of halogens is 3. The lowest BCUT2D eigenvalue weighted by Gasteiger charge is -2.34. The Kier molecular flexibility index (Phi) is 5.85. The van der Waals surface area contributed by atoms with Gasteiger partial charge in [-0.2, -0.15) is 18.4 Å². The first kappa shape index (κ1) is 21.9. The molecule has 0 bridgehead atoms. The molecule has 2 aliphatic heterocycles. The molecular formula is C21H27F3N6O. The Hall–Kier alpha value is -2.35. The average Bonchev–Trinajstić information content (AvgIpc) is 3.48. The molecule has 3 aliphatic rings. The number of nitrogens with one attached hydrogen (secondary N) is 3. The molecule has 0 radical (unpaired) electrons. The van der Waals surface area contributed by atoms with Crippen LogP contribution in [0.25, 0.3) is 0 Å². The minimum absolute atomic E-state index is 0.0233. The van der Waals surface area contributed by atoms with Crippen LogP contribution in [0.2, 0.25) is 0 Å². The Labute approximate surface area is 179 Å². The Bertz CT molecular complexity index is 881. The van der Waals surface area contributed by atoms with Crippen molar-refractivity contribution in [3.05, 3.63) is 29.3 Å². The quantitative estimate of drug-likeness (QED) is 0.545. The van der Waals surface area contributed by atoms with Crippen LogP contribution in [-0.4, -0.2) is 41.9 Å². The van der Waals surface area contributed by atoms with Crippen molar-refractivity contribution in [3.8, 4) is 6.07 Å². The Morgan fingerprint density at radius 2 is 2.10 bits per heavy atom. The lowest BCUT2D eigenvalue weighted by atomic mass is 9.90. The van der Waals surface area contributed by atoms with E-state index in [1.165, 1.54) is 6.07 Å². The number of piperidine rings is 1. The minimum atomic E-state index is -4.51. The third-order valence-electron chi connectivity index (χ3n) is 6.56. The molecule has 2 heterocycles. The molecule has 1 aromatic carbocycles. The van der Waals surface area contributed by atoms with Crippen LogP contribution in [0.5, 0.6) is 0 Å². The van der Waals surface area contributed by atoms with E-state index < -0.39 is 18.4 Å². The van der Waals surface area contributed by atoms with E-state index in [0.29, 0.717) is 30.1 Å². The summed E-state index contributed by atoms with van der Waals surface area (Å²) in [6, 6.07) is 4.79. The van der Waals surface area contributed by atoms with Crippen LogP contribution in [0.4, 0.5) is 18.9 Å². The number of hydrogen-bond donors (Lipinski definition) is 4. The zero-order valence-electron chi connectivity index (χ0n) is 17.2. The largest absolute Gasteiger partial charge is 0.407 e.